The lowest BCUT2D eigenvalue weighted by Gasteiger charge is -2.33. The van der Waals surface area contributed by atoms with Crippen LogP contribution in [0.3, 0.4) is 0 Å². The van der Waals surface area contributed by atoms with Gasteiger partial charge in [0.1, 0.15) is 4.88 Å². The van der Waals surface area contributed by atoms with E-state index in [1.165, 1.54) is 0 Å². The van der Waals surface area contributed by atoms with Gasteiger partial charge in [0.15, 0.2) is 0 Å². The largest absolute Gasteiger partial charge is 0.338 e. The van der Waals surface area contributed by atoms with E-state index < -0.39 is 0 Å². The molecular weight excluding hydrogens is 341 g/mol. The predicted molar refractivity (Wildman–Crippen MR) is 97.6 cm³/mol. The molecule has 1 aromatic rings. The fraction of sp³-hybridized carbons (Fsp3) is 0.733. The number of carbonyl (C=O) groups excluding carboxylic acids is 1. The van der Waals surface area contributed by atoms with Gasteiger partial charge in [-0.1, -0.05) is 6.92 Å². The summed E-state index contributed by atoms with van der Waals surface area (Å²) in [5, 5.41) is 1.08. The monoisotopic (exact) mass is 367 g/mol. The van der Waals surface area contributed by atoms with Gasteiger partial charge in [0.05, 0.1) is 10.7 Å². The van der Waals surface area contributed by atoms with E-state index in [-0.39, 0.29) is 36.8 Å². The van der Waals surface area contributed by atoms with E-state index >= 15 is 0 Å². The molecule has 1 aliphatic rings. The van der Waals surface area contributed by atoms with Gasteiger partial charge in [0, 0.05) is 19.1 Å². The molecule has 1 aromatic heterocycles. The normalized spacial score (nSPS) is 16.6. The first kappa shape index (κ1) is 21.6. The van der Waals surface area contributed by atoms with Crippen LogP contribution >= 0.6 is 36.2 Å². The van der Waals surface area contributed by atoms with Gasteiger partial charge in [0.2, 0.25) is 0 Å². The van der Waals surface area contributed by atoms with Crippen LogP contribution in [-0.2, 0) is 6.42 Å². The van der Waals surface area contributed by atoms with Crippen molar-refractivity contribution in [1.82, 2.24) is 9.88 Å². The summed E-state index contributed by atoms with van der Waals surface area (Å²) in [6.45, 7) is 7.79. The topological polar surface area (TPSA) is 59.2 Å². The number of thiazole rings is 1. The molecule has 0 radical (unpaired) electrons. The number of nitrogens with two attached hydrogens (primary N) is 1. The molecule has 2 rings (SSSR count). The molecule has 7 heteroatoms. The summed E-state index contributed by atoms with van der Waals surface area (Å²) in [4.78, 5) is 19.9. The second kappa shape index (κ2) is 9.71. The zero-order valence-electron chi connectivity index (χ0n) is 13.5. The Morgan fingerprint density at radius 1 is 1.41 bits per heavy atom. The summed E-state index contributed by atoms with van der Waals surface area (Å²) < 4.78 is 0. The highest BCUT2D eigenvalue weighted by molar-refractivity contribution is 7.13. The van der Waals surface area contributed by atoms with Gasteiger partial charge in [-0.05, 0) is 45.4 Å². The van der Waals surface area contributed by atoms with Gasteiger partial charge >= 0.3 is 0 Å². The molecular formula is C15H27Cl2N3OS. The number of hydrogen-bond donors (Lipinski definition) is 1. The number of aromatic nitrogens is 1. The molecule has 1 unspecified atom stereocenters. The third kappa shape index (κ3) is 5.08. The lowest BCUT2D eigenvalue weighted by atomic mass is 9.91. The van der Waals surface area contributed by atoms with Crippen LogP contribution < -0.4 is 5.73 Å². The number of hydrogen-bond acceptors (Lipinski definition) is 4. The summed E-state index contributed by atoms with van der Waals surface area (Å²) in [6, 6.07) is 0.230. The molecule has 2 N–H and O–H groups in total. The molecule has 22 heavy (non-hydrogen) atoms. The first-order chi connectivity index (χ1) is 9.52. The Kier molecular flexibility index (Phi) is 9.55. The molecule has 1 aliphatic heterocycles. The molecule has 0 spiro atoms. The molecule has 4 nitrogen and oxygen atoms in total. The Labute approximate surface area is 149 Å². The second-order valence-electron chi connectivity index (χ2n) is 5.76. The maximum Gasteiger partial charge on any atom is 0.265 e. The van der Waals surface area contributed by atoms with Crippen molar-refractivity contribution >= 4 is 42.1 Å². The van der Waals surface area contributed by atoms with Crippen LogP contribution in [0.5, 0.6) is 0 Å². The highest BCUT2D eigenvalue weighted by Gasteiger charge is 2.27. The zero-order chi connectivity index (χ0) is 14.7. The van der Waals surface area contributed by atoms with Gasteiger partial charge < -0.3 is 10.6 Å². The summed E-state index contributed by atoms with van der Waals surface area (Å²) in [5.41, 5.74) is 6.84. The van der Waals surface area contributed by atoms with E-state index in [0.29, 0.717) is 5.92 Å². The van der Waals surface area contributed by atoms with Crippen LogP contribution in [0.25, 0.3) is 0 Å². The van der Waals surface area contributed by atoms with E-state index in [0.717, 1.165) is 54.4 Å². The quantitative estimate of drug-likeness (QED) is 0.886. The zero-order valence-corrected chi connectivity index (χ0v) is 16.0. The van der Waals surface area contributed by atoms with Gasteiger partial charge in [0.25, 0.3) is 5.91 Å². The maximum atomic E-state index is 12.6. The van der Waals surface area contributed by atoms with Crippen molar-refractivity contribution < 1.29 is 4.79 Å². The van der Waals surface area contributed by atoms with Crippen molar-refractivity contribution in [2.24, 2.45) is 11.7 Å². The third-order valence-electron chi connectivity index (χ3n) is 4.07. The van der Waals surface area contributed by atoms with Crippen LogP contribution in [0.2, 0.25) is 0 Å². The van der Waals surface area contributed by atoms with Crippen molar-refractivity contribution in [3.63, 3.8) is 0 Å². The summed E-state index contributed by atoms with van der Waals surface area (Å²) >= 11 is 1.57. The van der Waals surface area contributed by atoms with Gasteiger partial charge in [-0.2, -0.15) is 0 Å². The van der Waals surface area contributed by atoms with Crippen LogP contribution in [0.4, 0.5) is 0 Å². The fourth-order valence-corrected chi connectivity index (χ4v) is 3.88. The molecule has 0 bridgehead atoms. The molecule has 0 aromatic carbocycles. The highest BCUT2D eigenvalue weighted by Crippen LogP contribution is 2.25. The molecule has 0 aliphatic carbocycles. The molecule has 2 heterocycles. The van der Waals surface area contributed by atoms with Crippen molar-refractivity contribution in [1.29, 1.82) is 0 Å². The second-order valence-corrected chi connectivity index (χ2v) is 6.84. The van der Waals surface area contributed by atoms with Gasteiger partial charge in [-0.3, -0.25) is 4.79 Å². The van der Waals surface area contributed by atoms with Gasteiger partial charge in [-0.15, -0.1) is 36.2 Å². The maximum absolute atomic E-state index is 12.6. The number of likely N-dealkylation sites (tertiary alicyclic amines) is 1. The lowest BCUT2D eigenvalue weighted by Crippen LogP contribution is -2.42. The standard InChI is InChI=1S/C15H25N3OS.2ClH/c1-4-5-13-17-11(3)14(20-13)15(19)18-8-6-12(7-9-18)10(2)16;;/h10,12H,4-9,16H2,1-3H3;2*1H. The van der Waals surface area contributed by atoms with E-state index in [1.807, 2.05) is 11.8 Å². The molecule has 128 valence electrons. The number of piperidine rings is 1. The van der Waals surface area contributed by atoms with Crippen LogP contribution in [0.15, 0.2) is 0 Å². The highest BCUT2D eigenvalue weighted by atomic mass is 35.5. The minimum Gasteiger partial charge on any atom is -0.338 e. The minimum absolute atomic E-state index is 0. The molecule has 1 saturated heterocycles. The van der Waals surface area contributed by atoms with E-state index in [9.17, 15) is 4.79 Å². The van der Waals surface area contributed by atoms with Crippen LogP contribution in [-0.4, -0.2) is 34.9 Å². The number of aryl methyl sites for hydroxylation is 2. The Bertz CT molecular complexity index is 471. The summed E-state index contributed by atoms with van der Waals surface area (Å²) in [5.74, 6) is 0.711. The van der Waals surface area contributed by atoms with Crippen molar-refractivity contribution in [2.45, 2.75) is 52.5 Å². The SMILES string of the molecule is CCCc1nc(C)c(C(=O)N2CCC(C(C)N)CC2)s1.Cl.Cl. The number of rotatable bonds is 4. The number of amides is 1. The average Bonchev–Trinajstić information content (AvgIpc) is 2.79. The van der Waals surface area contributed by atoms with E-state index in [1.54, 1.807) is 11.3 Å². The number of carbonyl (C=O) groups is 1. The summed E-state index contributed by atoms with van der Waals surface area (Å²) in [7, 11) is 0. The van der Waals surface area contributed by atoms with Crippen molar-refractivity contribution in [3.05, 3.63) is 15.6 Å². The fourth-order valence-electron chi connectivity index (χ4n) is 2.74. The van der Waals surface area contributed by atoms with Gasteiger partial charge in [-0.25, -0.2) is 4.98 Å². The third-order valence-corrected chi connectivity index (χ3v) is 5.27. The molecule has 1 amide bonds. The first-order valence-corrected chi connectivity index (χ1v) is 8.35. The Morgan fingerprint density at radius 3 is 2.50 bits per heavy atom. The van der Waals surface area contributed by atoms with Crippen LogP contribution in [0, 0.1) is 12.8 Å². The Morgan fingerprint density at radius 2 is 2.00 bits per heavy atom. The molecule has 1 atom stereocenters. The molecule has 1 fully saturated rings. The molecule has 0 saturated carbocycles. The summed E-state index contributed by atoms with van der Waals surface area (Å²) in [6.07, 6.45) is 4.07. The van der Waals surface area contributed by atoms with Crippen molar-refractivity contribution in [3.8, 4) is 0 Å². The van der Waals surface area contributed by atoms with Crippen molar-refractivity contribution in [2.75, 3.05) is 13.1 Å². The number of halogens is 2. The smallest absolute Gasteiger partial charge is 0.265 e. The number of nitrogens with zero attached hydrogens (tertiary/aromatic N) is 2. The lowest BCUT2D eigenvalue weighted by molar-refractivity contribution is 0.0685. The Balaban J connectivity index is 0.00000220. The van der Waals surface area contributed by atoms with E-state index in [4.69, 9.17) is 5.73 Å². The van der Waals surface area contributed by atoms with Crippen LogP contribution in [0.1, 0.15) is 53.5 Å². The van der Waals surface area contributed by atoms with E-state index in [2.05, 4.69) is 18.8 Å². The first-order valence-electron chi connectivity index (χ1n) is 7.54. The Hall–Kier alpha value is -0.360. The predicted octanol–water partition coefficient (Wildman–Crippen LogP) is 3.45. The average molecular weight is 368 g/mol. The minimum atomic E-state index is 0.